The van der Waals surface area contributed by atoms with Gasteiger partial charge in [0.15, 0.2) is 0 Å². The summed E-state index contributed by atoms with van der Waals surface area (Å²) in [4.78, 5) is 30.3. The third-order valence-corrected chi connectivity index (χ3v) is 6.56. The number of fused-ring (bicyclic) bond motifs is 6. The summed E-state index contributed by atoms with van der Waals surface area (Å²) in [7, 11) is 2.04. The van der Waals surface area contributed by atoms with E-state index in [0.717, 1.165) is 41.7 Å². The number of nitrogens with one attached hydrogen (secondary N) is 1. The van der Waals surface area contributed by atoms with Crippen LogP contribution in [0.25, 0.3) is 10.9 Å². The summed E-state index contributed by atoms with van der Waals surface area (Å²) in [5.74, 6) is 0.0767. The highest BCUT2D eigenvalue weighted by Crippen LogP contribution is 2.44. The van der Waals surface area contributed by atoms with Crippen molar-refractivity contribution in [2.75, 3.05) is 25.0 Å². The topological polar surface area (TPSA) is 57.6 Å². The maximum atomic E-state index is 13.3. The van der Waals surface area contributed by atoms with Gasteiger partial charge in [0, 0.05) is 31.0 Å². The number of unbranched alkanes of at least 4 members (excludes halogenated alkanes) is 1. The first-order valence-electron chi connectivity index (χ1n) is 11.1. The molecule has 0 unspecified atom stereocenters. The van der Waals surface area contributed by atoms with Gasteiger partial charge in [-0.3, -0.25) is 9.59 Å². The highest BCUT2D eigenvalue weighted by atomic mass is 16.2. The lowest BCUT2D eigenvalue weighted by Gasteiger charge is -2.46. The van der Waals surface area contributed by atoms with E-state index in [4.69, 9.17) is 0 Å². The van der Waals surface area contributed by atoms with Gasteiger partial charge in [-0.25, -0.2) is 0 Å². The maximum absolute atomic E-state index is 13.3. The first-order valence-corrected chi connectivity index (χ1v) is 11.1. The van der Waals surface area contributed by atoms with Crippen LogP contribution in [-0.2, 0) is 17.8 Å². The lowest BCUT2D eigenvalue weighted by atomic mass is 9.96. The number of amides is 2. The molecule has 2 aliphatic rings. The number of hydrogen-bond donors (Lipinski definition) is 1. The van der Waals surface area contributed by atoms with Crippen molar-refractivity contribution in [2.24, 2.45) is 0 Å². The Balaban J connectivity index is 1.63. The third kappa shape index (κ3) is 3.09. The second kappa shape index (κ2) is 7.76. The molecule has 2 amide bonds. The van der Waals surface area contributed by atoms with E-state index in [1.165, 1.54) is 10.9 Å². The van der Waals surface area contributed by atoms with Gasteiger partial charge in [-0.05, 0) is 36.6 Å². The van der Waals surface area contributed by atoms with E-state index in [1.54, 1.807) is 0 Å². The van der Waals surface area contributed by atoms with E-state index in [-0.39, 0.29) is 24.5 Å². The van der Waals surface area contributed by atoms with Gasteiger partial charge in [0.25, 0.3) is 5.91 Å². The minimum absolute atomic E-state index is 0.0133. The molecule has 0 saturated heterocycles. The Kier molecular flexibility index (Phi) is 4.93. The molecule has 160 valence electrons. The molecule has 3 aromatic rings. The van der Waals surface area contributed by atoms with Crippen LogP contribution >= 0.6 is 0 Å². The van der Waals surface area contributed by atoms with Crippen molar-refractivity contribution in [3.8, 4) is 0 Å². The maximum Gasteiger partial charge on any atom is 0.257 e. The lowest BCUT2D eigenvalue weighted by molar-refractivity contribution is -0.121. The number of aromatic nitrogens is 1. The van der Waals surface area contributed by atoms with E-state index in [1.807, 2.05) is 48.3 Å². The first kappa shape index (κ1) is 19.7. The molecule has 0 bridgehead atoms. The standard InChI is InChI=1S/C25H28N4O2/c1-3-4-14-26-22(30)16-29-21-12-8-5-9-17(21)18-13-15-28-24(23(18)29)27(2)20-11-7-6-10-19(20)25(28)31/h5-12,24H,3-4,13-16H2,1-2H3,(H,26,30)/t24-/m1/s1. The van der Waals surface area contributed by atoms with Crippen LogP contribution in [0.4, 0.5) is 5.69 Å². The van der Waals surface area contributed by atoms with Gasteiger partial charge < -0.3 is 19.7 Å². The minimum atomic E-state index is -0.220. The zero-order valence-corrected chi connectivity index (χ0v) is 18.1. The van der Waals surface area contributed by atoms with Crippen molar-refractivity contribution in [1.29, 1.82) is 0 Å². The Labute approximate surface area is 182 Å². The highest BCUT2D eigenvalue weighted by Gasteiger charge is 2.42. The number of hydrogen-bond acceptors (Lipinski definition) is 3. The molecule has 6 nitrogen and oxygen atoms in total. The zero-order valence-electron chi connectivity index (χ0n) is 18.1. The Morgan fingerprint density at radius 3 is 2.74 bits per heavy atom. The number of rotatable bonds is 5. The van der Waals surface area contributed by atoms with E-state index >= 15 is 0 Å². The van der Waals surface area contributed by atoms with Crippen LogP contribution in [0.2, 0.25) is 0 Å². The zero-order chi connectivity index (χ0) is 21.5. The fourth-order valence-corrected chi connectivity index (χ4v) is 5.08. The lowest BCUT2D eigenvalue weighted by Crippen LogP contribution is -2.51. The van der Waals surface area contributed by atoms with Crippen LogP contribution in [0.3, 0.4) is 0 Å². The molecule has 2 aromatic carbocycles. The van der Waals surface area contributed by atoms with Crippen LogP contribution in [0.5, 0.6) is 0 Å². The van der Waals surface area contributed by atoms with E-state index in [2.05, 4.69) is 33.8 Å². The van der Waals surface area contributed by atoms with Crippen LogP contribution in [0, 0.1) is 0 Å². The van der Waals surface area contributed by atoms with Crippen molar-refractivity contribution in [3.05, 3.63) is 65.4 Å². The molecule has 0 fully saturated rings. The van der Waals surface area contributed by atoms with Gasteiger partial charge in [0.2, 0.25) is 5.91 Å². The second-order valence-electron chi connectivity index (χ2n) is 8.42. The summed E-state index contributed by atoms with van der Waals surface area (Å²) in [5, 5.41) is 4.23. The van der Waals surface area contributed by atoms with Gasteiger partial charge in [0.05, 0.1) is 16.9 Å². The number of carbonyl (C=O) groups excluding carboxylic acids is 2. The monoisotopic (exact) mass is 416 g/mol. The average Bonchev–Trinajstić information content (AvgIpc) is 3.11. The molecule has 3 heterocycles. The van der Waals surface area contributed by atoms with Crippen molar-refractivity contribution in [1.82, 2.24) is 14.8 Å². The molecule has 6 heteroatoms. The highest BCUT2D eigenvalue weighted by molar-refractivity contribution is 6.02. The molecule has 0 spiro atoms. The number of anilines is 1. The minimum Gasteiger partial charge on any atom is -0.355 e. The first-order chi connectivity index (χ1) is 15.1. The van der Waals surface area contributed by atoms with Crippen LogP contribution in [-0.4, -0.2) is 41.4 Å². The molecule has 1 atom stereocenters. The molecule has 0 saturated carbocycles. The summed E-state index contributed by atoms with van der Waals surface area (Å²) in [6, 6.07) is 16.1. The predicted molar refractivity (Wildman–Crippen MR) is 122 cm³/mol. The van der Waals surface area contributed by atoms with Crippen molar-refractivity contribution < 1.29 is 9.59 Å². The third-order valence-electron chi connectivity index (χ3n) is 6.56. The van der Waals surface area contributed by atoms with E-state index < -0.39 is 0 Å². The average molecular weight is 417 g/mol. The Morgan fingerprint density at radius 2 is 1.90 bits per heavy atom. The van der Waals surface area contributed by atoms with Crippen LogP contribution in [0.1, 0.15) is 47.5 Å². The SMILES string of the molecule is CCCCNC(=O)Cn1c2c(c3ccccc31)CCN1C(=O)c3ccccc3N(C)[C@@H]21. The van der Waals surface area contributed by atoms with Gasteiger partial charge in [-0.1, -0.05) is 43.7 Å². The van der Waals surface area contributed by atoms with E-state index in [0.29, 0.717) is 13.1 Å². The smallest absolute Gasteiger partial charge is 0.257 e. The molecule has 1 aromatic heterocycles. The van der Waals surface area contributed by atoms with Crippen molar-refractivity contribution >= 4 is 28.4 Å². The van der Waals surface area contributed by atoms with Gasteiger partial charge >= 0.3 is 0 Å². The fourth-order valence-electron chi connectivity index (χ4n) is 5.08. The molecular formula is C25H28N4O2. The summed E-state index contributed by atoms with van der Waals surface area (Å²) in [6.45, 7) is 3.74. The van der Waals surface area contributed by atoms with Gasteiger partial charge in [-0.2, -0.15) is 0 Å². The number of benzene rings is 2. The fraction of sp³-hybridized carbons (Fsp3) is 0.360. The van der Waals surface area contributed by atoms with Crippen LogP contribution in [0.15, 0.2) is 48.5 Å². The summed E-state index contributed by atoms with van der Waals surface area (Å²) in [6.07, 6.45) is 2.59. The van der Waals surface area contributed by atoms with Gasteiger partial charge in [-0.15, -0.1) is 0 Å². The Hall–Kier alpha value is -3.28. The Bertz CT molecular complexity index is 1170. The summed E-state index contributed by atoms with van der Waals surface area (Å²) >= 11 is 0. The quantitative estimate of drug-likeness (QED) is 0.645. The predicted octanol–water partition coefficient (Wildman–Crippen LogP) is 3.70. The van der Waals surface area contributed by atoms with Crippen LogP contribution < -0.4 is 10.2 Å². The van der Waals surface area contributed by atoms with Crippen molar-refractivity contribution in [2.45, 2.75) is 38.9 Å². The normalized spacial score (nSPS) is 17.4. The number of para-hydroxylation sites is 2. The number of nitrogens with zero attached hydrogens (tertiary/aromatic N) is 3. The second-order valence-corrected chi connectivity index (χ2v) is 8.42. The molecular weight excluding hydrogens is 388 g/mol. The van der Waals surface area contributed by atoms with Crippen molar-refractivity contribution in [3.63, 3.8) is 0 Å². The van der Waals surface area contributed by atoms with Gasteiger partial charge in [0.1, 0.15) is 12.7 Å². The molecule has 0 radical (unpaired) electrons. The summed E-state index contributed by atoms with van der Waals surface area (Å²) < 4.78 is 2.13. The Morgan fingerprint density at radius 1 is 1.13 bits per heavy atom. The van der Waals surface area contributed by atoms with E-state index in [9.17, 15) is 9.59 Å². The largest absolute Gasteiger partial charge is 0.355 e. The number of carbonyl (C=O) groups is 2. The molecule has 31 heavy (non-hydrogen) atoms. The summed E-state index contributed by atoms with van der Waals surface area (Å²) in [5.41, 5.74) is 5.04. The molecule has 0 aliphatic carbocycles. The molecule has 5 rings (SSSR count). The molecule has 2 aliphatic heterocycles. The molecule has 1 N–H and O–H groups in total.